The van der Waals surface area contributed by atoms with Gasteiger partial charge in [-0.25, -0.2) is 13.2 Å². The molecule has 1 aromatic carbocycles. The topological polar surface area (TPSA) is 0 Å². The molecule has 0 bridgehead atoms. The first-order valence-corrected chi connectivity index (χ1v) is 13.2. The van der Waals surface area contributed by atoms with E-state index in [9.17, 15) is 13.2 Å². The van der Waals surface area contributed by atoms with E-state index in [-0.39, 0.29) is 0 Å². The lowest BCUT2D eigenvalue weighted by molar-refractivity contribution is 0.0540. The van der Waals surface area contributed by atoms with Crippen LogP contribution < -0.4 is 0 Å². The quantitative estimate of drug-likeness (QED) is 0.422. The Labute approximate surface area is 186 Å². The molecule has 0 nitrogen and oxygen atoms in total. The van der Waals surface area contributed by atoms with Crippen LogP contribution in [0.1, 0.15) is 95.1 Å². The number of fused-ring (bicyclic) bond motifs is 2. The van der Waals surface area contributed by atoms with Gasteiger partial charge in [-0.3, -0.25) is 0 Å². The fourth-order valence-electron chi connectivity index (χ4n) is 8.16. The van der Waals surface area contributed by atoms with Gasteiger partial charge < -0.3 is 0 Å². The van der Waals surface area contributed by atoms with Crippen LogP contribution in [0.2, 0.25) is 0 Å². The van der Waals surface area contributed by atoms with Gasteiger partial charge in [0.2, 0.25) is 0 Å². The van der Waals surface area contributed by atoms with E-state index >= 15 is 0 Å². The zero-order valence-electron chi connectivity index (χ0n) is 19.2. The lowest BCUT2D eigenvalue weighted by Crippen LogP contribution is -2.35. The highest BCUT2D eigenvalue weighted by Crippen LogP contribution is 2.50. The summed E-state index contributed by atoms with van der Waals surface area (Å²) in [6.07, 6.45) is 17.7. The normalized spacial score (nSPS) is 38.4. The van der Waals surface area contributed by atoms with Crippen molar-refractivity contribution >= 4 is 0 Å². The summed E-state index contributed by atoms with van der Waals surface area (Å²) in [5.74, 6) is 2.78. The van der Waals surface area contributed by atoms with E-state index in [1.165, 1.54) is 76.7 Å². The van der Waals surface area contributed by atoms with E-state index in [2.05, 4.69) is 6.92 Å². The van der Waals surface area contributed by atoms with Gasteiger partial charge >= 0.3 is 0 Å². The summed E-state index contributed by atoms with van der Waals surface area (Å²) in [5.41, 5.74) is 1.15. The largest absolute Gasteiger partial charge is 0.204 e. The molecular formula is C28H39F3. The highest BCUT2D eigenvalue weighted by atomic mass is 19.2. The van der Waals surface area contributed by atoms with E-state index < -0.39 is 17.5 Å². The zero-order chi connectivity index (χ0) is 21.5. The van der Waals surface area contributed by atoms with Crippen molar-refractivity contribution in [1.82, 2.24) is 0 Å². The van der Waals surface area contributed by atoms with Gasteiger partial charge in [0.05, 0.1) is 0 Å². The second-order valence-corrected chi connectivity index (χ2v) is 11.5. The Bertz CT molecular complexity index is 779. The van der Waals surface area contributed by atoms with Gasteiger partial charge in [0.25, 0.3) is 0 Å². The predicted molar refractivity (Wildman–Crippen MR) is 119 cm³/mol. The molecule has 3 saturated carbocycles. The molecule has 0 aromatic heterocycles. The maximum absolute atomic E-state index is 14.1. The molecule has 0 N–H and O–H groups in total. The molecular weight excluding hydrogens is 393 g/mol. The molecule has 0 heterocycles. The summed E-state index contributed by atoms with van der Waals surface area (Å²) in [6.45, 7) is 2.37. The molecule has 4 aliphatic carbocycles. The van der Waals surface area contributed by atoms with Crippen LogP contribution in [0.3, 0.4) is 0 Å². The van der Waals surface area contributed by atoms with Gasteiger partial charge in [-0.05, 0) is 136 Å². The highest BCUT2D eigenvalue weighted by molar-refractivity contribution is 5.33. The molecule has 0 amide bonds. The second-order valence-electron chi connectivity index (χ2n) is 11.5. The van der Waals surface area contributed by atoms with Crippen molar-refractivity contribution in [3.8, 4) is 0 Å². The Morgan fingerprint density at radius 1 is 0.677 bits per heavy atom. The Kier molecular flexibility index (Phi) is 6.41. The third-order valence-electron chi connectivity index (χ3n) is 10.1. The van der Waals surface area contributed by atoms with Gasteiger partial charge in [-0.2, -0.15) is 0 Å². The van der Waals surface area contributed by atoms with Crippen LogP contribution in [0.25, 0.3) is 0 Å². The van der Waals surface area contributed by atoms with Crippen LogP contribution in [-0.4, -0.2) is 0 Å². The molecule has 1 aromatic rings. The predicted octanol–water partition coefficient (Wildman–Crippen LogP) is 8.26. The molecule has 3 heteroatoms. The van der Waals surface area contributed by atoms with Crippen LogP contribution in [0.4, 0.5) is 13.2 Å². The lowest BCUT2D eigenvalue weighted by Gasteiger charge is -2.46. The molecule has 0 aliphatic heterocycles. The molecule has 4 aliphatic rings. The average molecular weight is 433 g/mol. The summed E-state index contributed by atoms with van der Waals surface area (Å²) in [5, 5.41) is 0. The first-order chi connectivity index (χ1) is 15.0. The van der Waals surface area contributed by atoms with Crippen LogP contribution in [-0.2, 0) is 12.8 Å². The van der Waals surface area contributed by atoms with Gasteiger partial charge in [0, 0.05) is 0 Å². The number of halogens is 3. The maximum Gasteiger partial charge on any atom is 0.194 e. The minimum Gasteiger partial charge on any atom is -0.204 e. The maximum atomic E-state index is 14.1. The Morgan fingerprint density at radius 2 is 1.26 bits per heavy atom. The van der Waals surface area contributed by atoms with Gasteiger partial charge in [-0.1, -0.05) is 19.8 Å². The Morgan fingerprint density at radius 3 is 1.97 bits per heavy atom. The number of hydrogen-bond donors (Lipinski definition) is 0. The summed E-state index contributed by atoms with van der Waals surface area (Å²) in [4.78, 5) is 0. The third-order valence-corrected chi connectivity index (χ3v) is 10.1. The van der Waals surface area contributed by atoms with Crippen molar-refractivity contribution in [1.29, 1.82) is 0 Å². The number of hydrogen-bond acceptors (Lipinski definition) is 0. The van der Waals surface area contributed by atoms with Crippen molar-refractivity contribution in [2.24, 2.45) is 41.4 Å². The number of rotatable bonds is 3. The Balaban J connectivity index is 1.15. The van der Waals surface area contributed by atoms with Crippen molar-refractivity contribution in [2.75, 3.05) is 0 Å². The van der Waals surface area contributed by atoms with Crippen LogP contribution >= 0.6 is 0 Å². The molecule has 5 rings (SSSR count). The molecule has 5 unspecified atom stereocenters. The Hall–Kier alpha value is -0.990. The monoisotopic (exact) mass is 432 g/mol. The highest BCUT2D eigenvalue weighted by Gasteiger charge is 2.39. The smallest absolute Gasteiger partial charge is 0.194 e. The number of benzene rings is 1. The van der Waals surface area contributed by atoms with Crippen molar-refractivity contribution in [2.45, 2.75) is 96.8 Å². The molecule has 3 fully saturated rings. The molecule has 172 valence electrons. The second kappa shape index (κ2) is 9.10. The average Bonchev–Trinajstić information content (AvgIpc) is 2.81. The molecule has 0 spiro atoms. The van der Waals surface area contributed by atoms with E-state index in [1.807, 2.05) is 0 Å². The molecule has 31 heavy (non-hydrogen) atoms. The van der Waals surface area contributed by atoms with E-state index in [4.69, 9.17) is 0 Å². The fourth-order valence-corrected chi connectivity index (χ4v) is 8.16. The minimum absolute atomic E-state index is 0.429. The van der Waals surface area contributed by atoms with Crippen molar-refractivity contribution < 1.29 is 13.2 Å². The first kappa shape index (κ1) is 21.8. The minimum atomic E-state index is -1.30. The summed E-state index contributed by atoms with van der Waals surface area (Å²) in [6, 6.07) is 1.26. The standard InChI is InChI=1S/C28H39F3/c1-2-17-3-4-23-14-21(10-9-20(23)13-17)18-5-7-19(8-6-18)22-11-12-25-24(15-22)16-26(29)28(31)27(25)30/h16-23H,2-15H2,1H3. The van der Waals surface area contributed by atoms with Gasteiger partial charge in [0.15, 0.2) is 17.5 Å². The van der Waals surface area contributed by atoms with Crippen LogP contribution in [0, 0.1) is 58.9 Å². The van der Waals surface area contributed by atoms with Gasteiger partial charge in [0.1, 0.15) is 0 Å². The summed E-state index contributed by atoms with van der Waals surface area (Å²) in [7, 11) is 0. The van der Waals surface area contributed by atoms with Crippen LogP contribution in [0.5, 0.6) is 0 Å². The van der Waals surface area contributed by atoms with E-state index in [0.717, 1.165) is 48.0 Å². The third kappa shape index (κ3) is 4.32. The van der Waals surface area contributed by atoms with Crippen LogP contribution in [0.15, 0.2) is 6.07 Å². The van der Waals surface area contributed by atoms with Gasteiger partial charge in [-0.15, -0.1) is 0 Å². The summed E-state index contributed by atoms with van der Waals surface area (Å²) < 4.78 is 41.4. The SMILES string of the molecule is CCC1CCC2CC(C3CCC(C4CCc5c(cc(F)c(F)c5F)C4)CC3)CCC2C1. The zero-order valence-corrected chi connectivity index (χ0v) is 19.2. The lowest BCUT2D eigenvalue weighted by atomic mass is 9.60. The molecule has 5 atom stereocenters. The molecule has 0 saturated heterocycles. The van der Waals surface area contributed by atoms with E-state index in [0.29, 0.717) is 23.8 Å². The molecule has 0 radical (unpaired) electrons. The van der Waals surface area contributed by atoms with Crippen molar-refractivity contribution in [3.63, 3.8) is 0 Å². The summed E-state index contributed by atoms with van der Waals surface area (Å²) >= 11 is 0. The van der Waals surface area contributed by atoms with Crippen molar-refractivity contribution in [3.05, 3.63) is 34.6 Å². The fraction of sp³-hybridized carbons (Fsp3) is 0.786. The first-order valence-electron chi connectivity index (χ1n) is 13.2. The van der Waals surface area contributed by atoms with E-state index in [1.54, 1.807) is 0 Å².